The molecule has 0 amide bonds. The molecule has 0 aromatic heterocycles. The van der Waals surface area contributed by atoms with E-state index in [-0.39, 0.29) is 24.2 Å². The molecular weight excluding hydrogens is 344 g/mol. The van der Waals surface area contributed by atoms with Gasteiger partial charge < -0.3 is 14.9 Å². The first-order valence-corrected chi connectivity index (χ1v) is 10.6. The molecule has 5 atom stereocenters. The number of allylic oxidation sites excluding steroid dienone is 1. The summed E-state index contributed by atoms with van der Waals surface area (Å²) in [4.78, 5) is 23.2. The minimum atomic E-state index is -0.954. The van der Waals surface area contributed by atoms with E-state index in [4.69, 9.17) is 9.84 Å². The third-order valence-electron chi connectivity index (χ3n) is 6.21. The zero-order chi connectivity index (χ0) is 19.8. The maximum absolute atomic E-state index is 12.8. The van der Waals surface area contributed by atoms with E-state index >= 15 is 0 Å². The van der Waals surface area contributed by atoms with Crippen molar-refractivity contribution in [3.8, 4) is 0 Å². The lowest BCUT2D eigenvalue weighted by Gasteiger charge is -2.19. The molecule has 154 valence electrons. The van der Waals surface area contributed by atoms with Crippen molar-refractivity contribution in [1.29, 1.82) is 0 Å². The highest BCUT2D eigenvalue weighted by atomic mass is 16.5. The van der Waals surface area contributed by atoms with Crippen LogP contribution < -0.4 is 0 Å². The third kappa shape index (κ3) is 6.72. The second kappa shape index (κ2) is 11.0. The Balaban J connectivity index is 1.78. The maximum atomic E-state index is 12.8. The number of carboxylic acids is 1. The maximum Gasteiger partial charge on any atom is 0.329 e. The average molecular weight is 381 g/mol. The van der Waals surface area contributed by atoms with Gasteiger partial charge in [-0.1, -0.05) is 51.2 Å². The number of Topliss-reactive ketones (excluding diaryl/α,β-unsaturated/α-hetero) is 1. The van der Waals surface area contributed by atoms with Crippen molar-refractivity contribution in [3.05, 3.63) is 11.6 Å². The molecule has 2 aliphatic carbocycles. The van der Waals surface area contributed by atoms with Gasteiger partial charge in [-0.25, -0.2) is 4.79 Å². The number of rotatable bonds is 13. The summed E-state index contributed by atoms with van der Waals surface area (Å²) in [5.74, 6) is 0.190. The van der Waals surface area contributed by atoms with E-state index < -0.39 is 12.1 Å². The quantitative estimate of drug-likeness (QED) is 0.373. The number of carboxylic acid groups (broad SMARTS) is 1. The second-order valence-corrected chi connectivity index (χ2v) is 8.50. The first kappa shape index (κ1) is 22.1. The molecule has 5 nitrogen and oxygen atoms in total. The Kier molecular flexibility index (Phi) is 8.97. The van der Waals surface area contributed by atoms with E-state index in [1.807, 2.05) is 0 Å². The minimum Gasteiger partial charge on any atom is -0.480 e. The Hall–Kier alpha value is -1.20. The molecule has 0 aromatic rings. The number of aliphatic hydroxyl groups is 1. The third-order valence-corrected chi connectivity index (χ3v) is 6.21. The Morgan fingerprint density at radius 2 is 2.04 bits per heavy atom. The van der Waals surface area contributed by atoms with Gasteiger partial charge in [-0.05, 0) is 43.4 Å². The van der Waals surface area contributed by atoms with Crippen LogP contribution in [-0.2, 0) is 14.3 Å². The molecule has 0 saturated heterocycles. The first-order valence-electron chi connectivity index (χ1n) is 10.6. The summed E-state index contributed by atoms with van der Waals surface area (Å²) < 4.78 is 5.12. The van der Waals surface area contributed by atoms with Crippen molar-refractivity contribution >= 4 is 11.8 Å². The van der Waals surface area contributed by atoms with E-state index in [0.717, 1.165) is 19.3 Å². The molecule has 0 aliphatic heterocycles. The fourth-order valence-corrected chi connectivity index (χ4v) is 4.77. The number of carbonyl (C=O) groups is 2. The molecular formula is C22H36O5. The van der Waals surface area contributed by atoms with Crippen LogP contribution in [0.2, 0.25) is 0 Å². The molecule has 0 bridgehead atoms. The molecule has 2 aliphatic rings. The van der Waals surface area contributed by atoms with E-state index in [1.165, 1.54) is 24.8 Å². The second-order valence-electron chi connectivity index (χ2n) is 8.50. The summed E-state index contributed by atoms with van der Waals surface area (Å²) in [6.45, 7) is 4.60. The van der Waals surface area contributed by atoms with Crippen LogP contribution in [0.4, 0.5) is 0 Å². The lowest BCUT2D eigenvalue weighted by molar-refractivity contribution is -0.142. The molecule has 1 fully saturated rings. The van der Waals surface area contributed by atoms with Crippen LogP contribution in [0.5, 0.6) is 0 Å². The Morgan fingerprint density at radius 1 is 1.30 bits per heavy atom. The Morgan fingerprint density at radius 3 is 2.74 bits per heavy atom. The van der Waals surface area contributed by atoms with Gasteiger partial charge in [0.15, 0.2) is 0 Å². The van der Waals surface area contributed by atoms with Gasteiger partial charge >= 0.3 is 5.97 Å². The van der Waals surface area contributed by atoms with Crippen LogP contribution in [0.25, 0.3) is 0 Å². The number of ketones is 1. The molecule has 2 rings (SSSR count). The smallest absolute Gasteiger partial charge is 0.329 e. The van der Waals surface area contributed by atoms with E-state index in [2.05, 4.69) is 19.9 Å². The summed E-state index contributed by atoms with van der Waals surface area (Å²) in [5.41, 5.74) is 1.24. The van der Waals surface area contributed by atoms with Crippen LogP contribution in [-0.4, -0.2) is 41.3 Å². The number of unbranched alkanes of at least 4 members (excludes halogenated alkanes) is 1. The molecule has 5 heteroatoms. The summed E-state index contributed by atoms with van der Waals surface area (Å²) >= 11 is 0. The van der Waals surface area contributed by atoms with Gasteiger partial charge in [0.2, 0.25) is 0 Å². The van der Waals surface area contributed by atoms with Gasteiger partial charge in [-0.15, -0.1) is 0 Å². The number of carbonyl (C=O) groups excluding carboxylic acids is 1. The number of aliphatic hydroxyl groups excluding tert-OH is 1. The zero-order valence-corrected chi connectivity index (χ0v) is 16.9. The molecule has 0 aromatic carbocycles. The summed E-state index contributed by atoms with van der Waals surface area (Å²) in [5, 5.41) is 19.0. The summed E-state index contributed by atoms with van der Waals surface area (Å²) in [6.07, 6.45) is 10.3. The SMILES string of the molecule is CCCCC(C)CCCC(=O)[C@H]1[C@@H]2C=C(CCOCC(=O)O)C[C@@H]2C[C@@H]1O. The number of hydrogen-bond donors (Lipinski definition) is 2. The van der Waals surface area contributed by atoms with Crippen LogP contribution in [0.15, 0.2) is 11.6 Å². The topological polar surface area (TPSA) is 83.8 Å². The van der Waals surface area contributed by atoms with Crippen molar-refractivity contribution in [3.63, 3.8) is 0 Å². The lowest BCUT2D eigenvalue weighted by Crippen LogP contribution is -2.27. The molecule has 1 saturated carbocycles. The largest absolute Gasteiger partial charge is 0.480 e. The highest BCUT2D eigenvalue weighted by molar-refractivity contribution is 5.82. The highest BCUT2D eigenvalue weighted by Crippen LogP contribution is 2.48. The van der Waals surface area contributed by atoms with Crippen LogP contribution in [0.1, 0.15) is 71.6 Å². The molecule has 1 unspecified atom stereocenters. The molecule has 0 radical (unpaired) electrons. The van der Waals surface area contributed by atoms with Gasteiger partial charge in [0.1, 0.15) is 12.4 Å². The van der Waals surface area contributed by atoms with Crippen molar-refractivity contribution in [2.45, 2.75) is 77.7 Å². The fourth-order valence-electron chi connectivity index (χ4n) is 4.77. The zero-order valence-electron chi connectivity index (χ0n) is 16.9. The number of fused-ring (bicyclic) bond motifs is 1. The van der Waals surface area contributed by atoms with Crippen molar-refractivity contribution in [2.75, 3.05) is 13.2 Å². The molecule has 2 N–H and O–H groups in total. The number of hydrogen-bond acceptors (Lipinski definition) is 4. The first-order chi connectivity index (χ1) is 12.9. The van der Waals surface area contributed by atoms with Gasteiger partial charge in [0, 0.05) is 6.42 Å². The fraction of sp³-hybridized carbons (Fsp3) is 0.818. The summed E-state index contributed by atoms with van der Waals surface area (Å²) in [6, 6.07) is 0. The van der Waals surface area contributed by atoms with E-state index in [0.29, 0.717) is 37.7 Å². The van der Waals surface area contributed by atoms with Crippen molar-refractivity contribution in [1.82, 2.24) is 0 Å². The standard InChI is InChI=1S/C22H36O5/c1-3-4-6-15(2)7-5-8-19(23)22-18-12-16(9-10-27-14-21(25)26)11-17(18)13-20(22)24/h12,15,17-18,20,22,24H,3-11,13-14H2,1-2H3,(H,25,26)/t15?,17-,18-,20+,22-/m1/s1. The average Bonchev–Trinajstić information content (AvgIpc) is 3.12. The van der Waals surface area contributed by atoms with Gasteiger partial charge in [0.05, 0.1) is 18.6 Å². The Labute approximate surface area is 163 Å². The molecule has 0 heterocycles. The van der Waals surface area contributed by atoms with Crippen LogP contribution in [0, 0.1) is 23.7 Å². The highest BCUT2D eigenvalue weighted by Gasteiger charge is 2.47. The van der Waals surface area contributed by atoms with Gasteiger partial charge in [-0.2, -0.15) is 0 Å². The predicted octanol–water partition coefficient (Wildman–Crippen LogP) is 3.99. The summed E-state index contributed by atoms with van der Waals surface area (Å²) in [7, 11) is 0. The van der Waals surface area contributed by atoms with E-state index in [9.17, 15) is 14.7 Å². The van der Waals surface area contributed by atoms with Crippen molar-refractivity contribution in [2.24, 2.45) is 23.7 Å². The van der Waals surface area contributed by atoms with Crippen LogP contribution in [0.3, 0.4) is 0 Å². The lowest BCUT2D eigenvalue weighted by atomic mass is 9.86. The van der Waals surface area contributed by atoms with Gasteiger partial charge in [0.25, 0.3) is 0 Å². The van der Waals surface area contributed by atoms with Gasteiger partial charge in [-0.3, -0.25) is 4.79 Å². The Bertz CT molecular complexity index is 527. The molecule has 27 heavy (non-hydrogen) atoms. The predicted molar refractivity (Wildman–Crippen MR) is 104 cm³/mol. The minimum absolute atomic E-state index is 0.152. The van der Waals surface area contributed by atoms with Crippen molar-refractivity contribution < 1.29 is 24.5 Å². The normalized spacial score (nSPS) is 28.0. The monoisotopic (exact) mass is 380 g/mol. The number of ether oxygens (including phenoxy) is 1. The van der Waals surface area contributed by atoms with Crippen LogP contribution >= 0.6 is 0 Å². The number of aliphatic carboxylic acids is 1. The molecule has 0 spiro atoms. The van der Waals surface area contributed by atoms with E-state index in [1.54, 1.807) is 0 Å².